The van der Waals surface area contributed by atoms with Gasteiger partial charge in [0.1, 0.15) is 11.8 Å². The van der Waals surface area contributed by atoms with E-state index in [1.165, 1.54) is 0 Å². The van der Waals surface area contributed by atoms with Gasteiger partial charge in [-0.05, 0) is 30.3 Å². The van der Waals surface area contributed by atoms with E-state index in [-0.39, 0.29) is 18.1 Å². The van der Waals surface area contributed by atoms with Gasteiger partial charge in [-0.25, -0.2) is 0 Å². The number of rotatable bonds is 7. The van der Waals surface area contributed by atoms with E-state index in [0.29, 0.717) is 16.9 Å². The number of carbonyl (C=O) groups is 2. The summed E-state index contributed by atoms with van der Waals surface area (Å²) in [5, 5.41) is 0. The summed E-state index contributed by atoms with van der Waals surface area (Å²) in [6, 6.07) is 33.4. The molecule has 0 radical (unpaired) electrons. The molecule has 5 rings (SSSR count). The van der Waals surface area contributed by atoms with Crippen molar-refractivity contribution in [3.8, 4) is 5.75 Å². The fraction of sp³-hybridized carbons (Fsp3) is 0.103. The second-order valence-electron chi connectivity index (χ2n) is 8.14. The maximum atomic E-state index is 13.6. The molecule has 2 atom stereocenters. The third kappa shape index (κ3) is 4.39. The molecule has 0 bridgehead atoms. The number of ether oxygens (including phenoxy) is 1. The van der Waals surface area contributed by atoms with Crippen molar-refractivity contribution < 1.29 is 14.3 Å². The number of anilines is 1. The maximum absolute atomic E-state index is 13.6. The highest BCUT2D eigenvalue weighted by atomic mass is 79.9. The minimum atomic E-state index is -0.785. The molecular weight excluding hydrogens is 490 g/mol. The van der Waals surface area contributed by atoms with Gasteiger partial charge in [0.05, 0.1) is 6.54 Å². The maximum Gasteiger partial charge on any atom is 0.205 e. The molecule has 0 aliphatic carbocycles. The number of hydrogen-bond acceptors (Lipinski definition) is 4. The Hall–Kier alpha value is -3.70. The van der Waals surface area contributed by atoms with Crippen LogP contribution in [0, 0.1) is 0 Å². The third-order valence-electron chi connectivity index (χ3n) is 6.00. The van der Waals surface area contributed by atoms with Gasteiger partial charge in [0.2, 0.25) is 5.78 Å². The monoisotopic (exact) mass is 511 g/mol. The standard InChI is InChI=1S/C29H22BrNO3/c30-22-15-17-23(18-16-22)31(19-25(32)20-9-3-1-4-10-20)27-24-13-7-8-14-26(24)34-29(27)28(33)21-11-5-2-6-12-21/h1-18,27,29H,19H2. The van der Waals surface area contributed by atoms with Crippen LogP contribution < -0.4 is 9.64 Å². The van der Waals surface area contributed by atoms with Gasteiger partial charge >= 0.3 is 0 Å². The van der Waals surface area contributed by atoms with Crippen molar-refractivity contribution in [2.75, 3.05) is 11.4 Å². The number of para-hydroxylation sites is 1. The van der Waals surface area contributed by atoms with E-state index in [1.54, 1.807) is 12.1 Å². The normalized spacial score (nSPS) is 16.4. The number of ketones is 2. The van der Waals surface area contributed by atoms with E-state index in [9.17, 15) is 9.59 Å². The number of Topliss-reactive ketones (excluding diaryl/α,β-unsaturated/α-hetero) is 2. The number of nitrogens with zero attached hydrogens (tertiary/aromatic N) is 1. The number of hydrogen-bond donors (Lipinski definition) is 0. The van der Waals surface area contributed by atoms with Crippen LogP contribution in [0.4, 0.5) is 5.69 Å². The Labute approximate surface area is 206 Å². The summed E-state index contributed by atoms with van der Waals surface area (Å²) in [5.74, 6) is 0.519. The molecule has 34 heavy (non-hydrogen) atoms. The largest absolute Gasteiger partial charge is 0.479 e. The molecule has 0 spiro atoms. The van der Waals surface area contributed by atoms with E-state index in [4.69, 9.17) is 4.74 Å². The topological polar surface area (TPSA) is 46.6 Å². The summed E-state index contributed by atoms with van der Waals surface area (Å²) in [6.07, 6.45) is -0.785. The highest BCUT2D eigenvalue weighted by molar-refractivity contribution is 9.10. The lowest BCUT2D eigenvalue weighted by Gasteiger charge is -2.33. The van der Waals surface area contributed by atoms with Crippen LogP contribution in [0.25, 0.3) is 0 Å². The Morgan fingerprint density at radius 2 is 1.32 bits per heavy atom. The molecule has 168 valence electrons. The summed E-state index contributed by atoms with van der Waals surface area (Å²) >= 11 is 3.49. The van der Waals surface area contributed by atoms with Crippen molar-refractivity contribution in [3.63, 3.8) is 0 Å². The van der Waals surface area contributed by atoms with Gasteiger partial charge in [-0.3, -0.25) is 9.59 Å². The van der Waals surface area contributed by atoms with Crippen molar-refractivity contribution in [3.05, 3.63) is 130 Å². The SMILES string of the molecule is O=C(CN(c1ccc(Br)cc1)C1c2ccccc2OC1C(=O)c1ccccc1)c1ccccc1. The summed E-state index contributed by atoms with van der Waals surface area (Å²) in [4.78, 5) is 28.9. The fourth-order valence-electron chi connectivity index (χ4n) is 4.34. The van der Waals surface area contributed by atoms with Crippen LogP contribution in [0.2, 0.25) is 0 Å². The molecule has 1 aliphatic heterocycles. The summed E-state index contributed by atoms with van der Waals surface area (Å²) in [6.45, 7) is 0.104. The molecule has 0 saturated carbocycles. The molecular formula is C29H22BrNO3. The first-order valence-electron chi connectivity index (χ1n) is 11.1. The van der Waals surface area contributed by atoms with Crippen molar-refractivity contribution >= 4 is 33.2 Å². The van der Waals surface area contributed by atoms with Gasteiger partial charge in [0.15, 0.2) is 11.9 Å². The minimum Gasteiger partial charge on any atom is -0.479 e. The quantitative estimate of drug-likeness (QED) is 0.265. The van der Waals surface area contributed by atoms with Crippen LogP contribution in [-0.4, -0.2) is 24.2 Å². The molecule has 0 saturated heterocycles. The lowest BCUT2D eigenvalue weighted by molar-refractivity contribution is 0.0784. The van der Waals surface area contributed by atoms with Crippen LogP contribution in [0.5, 0.6) is 5.75 Å². The second-order valence-corrected chi connectivity index (χ2v) is 9.06. The van der Waals surface area contributed by atoms with E-state index in [0.717, 1.165) is 15.7 Å². The van der Waals surface area contributed by atoms with Crippen LogP contribution in [0.15, 0.2) is 114 Å². The number of fused-ring (bicyclic) bond motifs is 1. The first-order chi connectivity index (χ1) is 16.6. The van der Waals surface area contributed by atoms with Crippen LogP contribution >= 0.6 is 15.9 Å². The molecule has 5 heteroatoms. The third-order valence-corrected chi connectivity index (χ3v) is 6.53. The minimum absolute atomic E-state index is 0.0289. The molecule has 4 nitrogen and oxygen atoms in total. The van der Waals surface area contributed by atoms with Crippen molar-refractivity contribution in [2.45, 2.75) is 12.1 Å². The fourth-order valence-corrected chi connectivity index (χ4v) is 4.61. The van der Waals surface area contributed by atoms with Gasteiger partial charge in [-0.2, -0.15) is 0 Å². The van der Waals surface area contributed by atoms with Crippen LogP contribution in [0.1, 0.15) is 32.3 Å². The summed E-state index contributed by atoms with van der Waals surface area (Å²) in [7, 11) is 0. The van der Waals surface area contributed by atoms with E-state index in [1.807, 2.05) is 102 Å². The average Bonchev–Trinajstić information content (AvgIpc) is 3.27. The lowest BCUT2D eigenvalue weighted by atomic mass is 9.94. The predicted octanol–water partition coefficient (Wildman–Crippen LogP) is 6.52. The van der Waals surface area contributed by atoms with Crippen LogP contribution in [-0.2, 0) is 0 Å². The first kappa shape index (κ1) is 22.1. The molecule has 4 aromatic carbocycles. The van der Waals surface area contributed by atoms with Gasteiger partial charge < -0.3 is 9.64 Å². The molecule has 0 fully saturated rings. The first-order valence-corrected chi connectivity index (χ1v) is 11.9. The Morgan fingerprint density at radius 3 is 2.00 bits per heavy atom. The Balaban J connectivity index is 1.59. The zero-order valence-electron chi connectivity index (χ0n) is 18.3. The Bertz CT molecular complexity index is 1310. The van der Waals surface area contributed by atoms with E-state index in [2.05, 4.69) is 15.9 Å². The molecule has 1 heterocycles. The van der Waals surface area contributed by atoms with Gasteiger partial charge in [-0.1, -0.05) is 94.8 Å². The summed E-state index contributed by atoms with van der Waals surface area (Å²) < 4.78 is 7.17. The average molecular weight is 512 g/mol. The number of carbonyl (C=O) groups excluding carboxylic acids is 2. The number of halogens is 1. The zero-order valence-corrected chi connectivity index (χ0v) is 19.9. The van der Waals surface area contributed by atoms with Crippen molar-refractivity contribution in [1.82, 2.24) is 0 Å². The molecule has 0 aromatic heterocycles. The smallest absolute Gasteiger partial charge is 0.205 e. The predicted molar refractivity (Wildman–Crippen MR) is 137 cm³/mol. The van der Waals surface area contributed by atoms with Crippen LogP contribution in [0.3, 0.4) is 0 Å². The van der Waals surface area contributed by atoms with E-state index >= 15 is 0 Å². The Kier molecular flexibility index (Phi) is 6.28. The number of benzene rings is 4. The lowest BCUT2D eigenvalue weighted by Crippen LogP contribution is -2.42. The highest BCUT2D eigenvalue weighted by Crippen LogP contribution is 2.43. The summed E-state index contributed by atoms with van der Waals surface area (Å²) in [5.41, 5.74) is 2.93. The molecule has 0 amide bonds. The molecule has 4 aromatic rings. The van der Waals surface area contributed by atoms with Gasteiger partial charge in [0, 0.05) is 26.9 Å². The highest BCUT2D eigenvalue weighted by Gasteiger charge is 2.43. The molecule has 0 N–H and O–H groups in total. The molecule has 1 aliphatic rings. The van der Waals surface area contributed by atoms with Gasteiger partial charge in [0.25, 0.3) is 0 Å². The van der Waals surface area contributed by atoms with Crippen molar-refractivity contribution in [2.24, 2.45) is 0 Å². The Morgan fingerprint density at radius 1 is 0.735 bits per heavy atom. The second kappa shape index (κ2) is 9.65. The van der Waals surface area contributed by atoms with E-state index < -0.39 is 12.1 Å². The van der Waals surface area contributed by atoms with Gasteiger partial charge in [-0.15, -0.1) is 0 Å². The zero-order chi connectivity index (χ0) is 23.5. The molecule has 2 unspecified atom stereocenters. The van der Waals surface area contributed by atoms with Crippen molar-refractivity contribution in [1.29, 1.82) is 0 Å².